The van der Waals surface area contributed by atoms with Crippen LogP contribution in [0.25, 0.3) is 0 Å². The molecule has 1 aromatic heterocycles. The van der Waals surface area contributed by atoms with E-state index in [0.717, 1.165) is 33.7 Å². The quantitative estimate of drug-likeness (QED) is 0.518. The standard InChI is InChI=1S/C21H17BrN2O2S/c1-25-19-9-8-13(11-15(19)22)21-24-17(14-5-2-3-6-18(14)26-21)12-16(23-24)20-7-4-10-27-20/h2-11,17,21H,12H2,1H3/t17-,21-/m1/s1. The van der Waals surface area contributed by atoms with Gasteiger partial charge in [0, 0.05) is 17.5 Å². The number of hydrazone groups is 1. The second-order valence-electron chi connectivity index (χ2n) is 6.53. The fourth-order valence-corrected chi connectivity index (χ4v) is 4.96. The lowest BCUT2D eigenvalue weighted by Crippen LogP contribution is -2.33. The second kappa shape index (κ2) is 6.69. The molecule has 136 valence electrons. The molecule has 5 rings (SSSR count). The lowest BCUT2D eigenvalue weighted by molar-refractivity contribution is -0.0190. The van der Waals surface area contributed by atoms with E-state index < -0.39 is 0 Å². The summed E-state index contributed by atoms with van der Waals surface area (Å²) in [6.07, 6.45) is 0.610. The molecule has 0 spiro atoms. The van der Waals surface area contributed by atoms with Crippen LogP contribution >= 0.6 is 27.3 Å². The van der Waals surface area contributed by atoms with Crippen molar-refractivity contribution >= 4 is 33.0 Å². The number of fused-ring (bicyclic) bond motifs is 3. The zero-order valence-electron chi connectivity index (χ0n) is 14.6. The van der Waals surface area contributed by atoms with E-state index in [-0.39, 0.29) is 12.3 Å². The minimum Gasteiger partial charge on any atom is -0.496 e. The van der Waals surface area contributed by atoms with E-state index in [2.05, 4.69) is 50.6 Å². The third-order valence-corrected chi connectivity index (χ3v) is 6.50. The monoisotopic (exact) mass is 440 g/mol. The third kappa shape index (κ3) is 2.84. The highest BCUT2D eigenvalue weighted by Crippen LogP contribution is 2.48. The van der Waals surface area contributed by atoms with Gasteiger partial charge in [0.1, 0.15) is 11.5 Å². The van der Waals surface area contributed by atoms with Crippen LogP contribution in [-0.4, -0.2) is 17.8 Å². The maximum atomic E-state index is 6.39. The molecule has 0 amide bonds. The van der Waals surface area contributed by atoms with Gasteiger partial charge in [-0.05, 0) is 51.6 Å². The lowest BCUT2D eigenvalue weighted by Gasteiger charge is -2.38. The van der Waals surface area contributed by atoms with Crippen LogP contribution in [0.3, 0.4) is 0 Å². The van der Waals surface area contributed by atoms with Gasteiger partial charge in [-0.3, -0.25) is 0 Å². The Bertz CT molecular complexity index is 1020. The third-order valence-electron chi connectivity index (χ3n) is 4.97. The van der Waals surface area contributed by atoms with Gasteiger partial charge in [-0.25, -0.2) is 5.01 Å². The molecular weight excluding hydrogens is 424 g/mol. The summed E-state index contributed by atoms with van der Waals surface area (Å²) < 4.78 is 12.7. The van der Waals surface area contributed by atoms with Gasteiger partial charge in [0.25, 0.3) is 0 Å². The van der Waals surface area contributed by atoms with Crippen LogP contribution in [0, 0.1) is 0 Å². The van der Waals surface area contributed by atoms with Gasteiger partial charge < -0.3 is 9.47 Å². The molecule has 4 nitrogen and oxygen atoms in total. The highest BCUT2D eigenvalue weighted by atomic mass is 79.9. The summed E-state index contributed by atoms with van der Waals surface area (Å²) in [7, 11) is 1.67. The molecule has 2 aromatic carbocycles. The Labute approximate surface area is 170 Å². The van der Waals surface area contributed by atoms with E-state index in [1.54, 1.807) is 18.4 Å². The van der Waals surface area contributed by atoms with Crippen molar-refractivity contribution in [2.45, 2.75) is 18.7 Å². The Morgan fingerprint density at radius 2 is 2.07 bits per heavy atom. The molecule has 27 heavy (non-hydrogen) atoms. The van der Waals surface area contributed by atoms with Crippen LogP contribution in [0.5, 0.6) is 11.5 Å². The summed E-state index contributed by atoms with van der Waals surface area (Å²) in [5.74, 6) is 1.73. The van der Waals surface area contributed by atoms with Crippen LogP contribution < -0.4 is 9.47 Å². The van der Waals surface area contributed by atoms with Crippen molar-refractivity contribution in [3.63, 3.8) is 0 Å². The summed E-state index contributed by atoms with van der Waals surface area (Å²) in [6.45, 7) is 0. The first-order chi connectivity index (χ1) is 13.2. The van der Waals surface area contributed by atoms with Gasteiger partial charge >= 0.3 is 0 Å². The van der Waals surface area contributed by atoms with E-state index in [0.29, 0.717) is 0 Å². The SMILES string of the molecule is COc1ccc([C@H]2Oc3ccccc3[C@H]3CC(c4cccs4)=NN32)cc1Br. The Hall–Kier alpha value is -2.31. The van der Waals surface area contributed by atoms with E-state index in [1.165, 1.54) is 10.4 Å². The average molecular weight is 441 g/mol. The molecule has 0 fully saturated rings. The number of hydrogen-bond donors (Lipinski definition) is 0. The number of nitrogens with zero attached hydrogens (tertiary/aromatic N) is 2. The smallest absolute Gasteiger partial charge is 0.213 e. The Kier molecular flexibility index (Phi) is 4.17. The molecule has 0 saturated carbocycles. The zero-order chi connectivity index (χ0) is 18.4. The molecule has 0 unspecified atom stereocenters. The van der Waals surface area contributed by atoms with Gasteiger partial charge in [0.05, 0.1) is 28.2 Å². The summed E-state index contributed by atoms with van der Waals surface area (Å²) in [5, 5.41) is 9.17. The predicted molar refractivity (Wildman–Crippen MR) is 111 cm³/mol. The van der Waals surface area contributed by atoms with Crippen LogP contribution in [0.15, 0.2) is 69.6 Å². The Morgan fingerprint density at radius 3 is 2.85 bits per heavy atom. The highest BCUT2D eigenvalue weighted by molar-refractivity contribution is 9.10. The number of hydrogen-bond acceptors (Lipinski definition) is 5. The molecule has 0 bridgehead atoms. The Balaban J connectivity index is 1.59. The van der Waals surface area contributed by atoms with Gasteiger partial charge in [-0.2, -0.15) is 5.10 Å². The van der Waals surface area contributed by atoms with Crippen LogP contribution in [-0.2, 0) is 0 Å². The van der Waals surface area contributed by atoms with E-state index in [1.807, 2.05) is 30.3 Å². The number of para-hydroxylation sites is 1. The maximum absolute atomic E-state index is 6.39. The number of ether oxygens (including phenoxy) is 2. The van der Waals surface area contributed by atoms with E-state index in [9.17, 15) is 0 Å². The molecule has 0 N–H and O–H groups in total. The summed E-state index contributed by atoms with van der Waals surface area (Å²) >= 11 is 5.32. The first kappa shape index (κ1) is 16.8. The largest absolute Gasteiger partial charge is 0.496 e. The summed E-state index contributed by atoms with van der Waals surface area (Å²) in [5.41, 5.74) is 3.35. The zero-order valence-corrected chi connectivity index (χ0v) is 17.0. The first-order valence-electron chi connectivity index (χ1n) is 8.73. The molecule has 3 heterocycles. The molecule has 3 aromatic rings. The van der Waals surface area contributed by atoms with Crippen LogP contribution in [0.2, 0.25) is 0 Å². The Morgan fingerprint density at radius 1 is 1.19 bits per heavy atom. The minimum atomic E-state index is -0.274. The summed E-state index contributed by atoms with van der Waals surface area (Å²) in [4.78, 5) is 1.22. The molecular formula is C21H17BrN2O2S. The van der Waals surface area contributed by atoms with Crippen molar-refractivity contribution in [1.29, 1.82) is 0 Å². The number of rotatable bonds is 3. The number of methoxy groups -OCH3 is 1. The predicted octanol–water partition coefficient (Wildman–Crippen LogP) is 5.76. The first-order valence-corrected chi connectivity index (χ1v) is 10.4. The van der Waals surface area contributed by atoms with Gasteiger partial charge in [0.2, 0.25) is 6.23 Å². The molecule has 0 aliphatic carbocycles. The molecule has 2 aliphatic rings. The number of halogens is 1. The number of thiophene rings is 1. The lowest BCUT2D eigenvalue weighted by atomic mass is 9.98. The van der Waals surface area contributed by atoms with Crippen molar-refractivity contribution in [2.75, 3.05) is 7.11 Å². The molecule has 0 radical (unpaired) electrons. The van der Waals surface area contributed by atoms with Crippen molar-refractivity contribution in [3.8, 4) is 11.5 Å². The van der Waals surface area contributed by atoms with Crippen molar-refractivity contribution in [3.05, 3.63) is 80.5 Å². The van der Waals surface area contributed by atoms with Crippen molar-refractivity contribution in [1.82, 2.24) is 5.01 Å². The number of benzene rings is 2. The second-order valence-corrected chi connectivity index (χ2v) is 8.33. The summed E-state index contributed by atoms with van der Waals surface area (Å²) in [6, 6.07) is 18.7. The fraction of sp³-hybridized carbons (Fsp3) is 0.190. The normalized spacial score (nSPS) is 20.5. The topological polar surface area (TPSA) is 34.1 Å². The van der Waals surface area contributed by atoms with Gasteiger partial charge in [-0.15, -0.1) is 11.3 Å². The van der Waals surface area contributed by atoms with E-state index in [4.69, 9.17) is 14.6 Å². The van der Waals surface area contributed by atoms with Crippen LogP contribution in [0.4, 0.5) is 0 Å². The van der Waals surface area contributed by atoms with Crippen LogP contribution in [0.1, 0.15) is 34.7 Å². The fourth-order valence-electron chi connectivity index (χ4n) is 3.68. The molecule has 6 heteroatoms. The molecule has 2 aliphatic heterocycles. The van der Waals surface area contributed by atoms with Crippen molar-refractivity contribution < 1.29 is 9.47 Å². The molecule has 0 saturated heterocycles. The average Bonchev–Trinajstić information content (AvgIpc) is 3.37. The maximum Gasteiger partial charge on any atom is 0.213 e. The van der Waals surface area contributed by atoms with Gasteiger partial charge in [0.15, 0.2) is 0 Å². The highest BCUT2D eigenvalue weighted by Gasteiger charge is 2.41. The molecule has 2 atom stereocenters. The minimum absolute atomic E-state index is 0.179. The van der Waals surface area contributed by atoms with Gasteiger partial charge in [-0.1, -0.05) is 24.3 Å². The van der Waals surface area contributed by atoms with Crippen molar-refractivity contribution in [2.24, 2.45) is 5.10 Å². The van der Waals surface area contributed by atoms with E-state index >= 15 is 0 Å².